The SMILES string of the molecule is Cc1ccccc1NC(=O)CSc1nc2ccsc2c(=O)n1-c1ccccc1Cl. The number of carbonyl (C=O) groups is 1. The maximum Gasteiger partial charge on any atom is 0.276 e. The number of thiophene rings is 1. The third kappa shape index (κ3) is 4.07. The van der Waals surface area contributed by atoms with E-state index in [4.69, 9.17) is 11.6 Å². The molecule has 29 heavy (non-hydrogen) atoms. The number of fused-ring (bicyclic) bond motifs is 1. The van der Waals surface area contributed by atoms with E-state index in [0.29, 0.717) is 26.1 Å². The number of amides is 1. The van der Waals surface area contributed by atoms with Crippen molar-refractivity contribution >= 4 is 56.5 Å². The first-order valence-electron chi connectivity index (χ1n) is 8.78. The Kier molecular flexibility index (Phi) is 5.71. The molecule has 0 aliphatic carbocycles. The van der Waals surface area contributed by atoms with E-state index in [0.717, 1.165) is 11.3 Å². The number of benzene rings is 2. The predicted molar refractivity (Wildman–Crippen MR) is 121 cm³/mol. The lowest BCUT2D eigenvalue weighted by molar-refractivity contribution is -0.113. The summed E-state index contributed by atoms with van der Waals surface area (Å²) in [6, 6.07) is 16.5. The van der Waals surface area contributed by atoms with Crippen LogP contribution in [0.5, 0.6) is 0 Å². The topological polar surface area (TPSA) is 64.0 Å². The highest BCUT2D eigenvalue weighted by molar-refractivity contribution is 7.99. The van der Waals surface area contributed by atoms with Crippen LogP contribution >= 0.6 is 34.7 Å². The van der Waals surface area contributed by atoms with Crippen LogP contribution in [0.1, 0.15) is 5.56 Å². The average molecular weight is 442 g/mol. The molecular weight excluding hydrogens is 426 g/mol. The van der Waals surface area contributed by atoms with Crippen LogP contribution in [0.15, 0.2) is 69.9 Å². The zero-order chi connectivity index (χ0) is 20.4. The van der Waals surface area contributed by atoms with Gasteiger partial charge in [-0.1, -0.05) is 53.7 Å². The Morgan fingerprint density at radius 1 is 1.17 bits per heavy atom. The van der Waals surface area contributed by atoms with Crippen LogP contribution in [0.2, 0.25) is 5.02 Å². The minimum Gasteiger partial charge on any atom is -0.325 e. The lowest BCUT2D eigenvalue weighted by Gasteiger charge is -2.13. The molecule has 1 amide bonds. The van der Waals surface area contributed by atoms with Gasteiger partial charge in [0.25, 0.3) is 5.56 Å². The number of aromatic nitrogens is 2. The van der Waals surface area contributed by atoms with Crippen molar-refractivity contribution in [2.24, 2.45) is 0 Å². The number of halogens is 1. The van der Waals surface area contributed by atoms with Crippen molar-refractivity contribution in [3.8, 4) is 5.69 Å². The fourth-order valence-electron chi connectivity index (χ4n) is 2.86. The lowest BCUT2D eigenvalue weighted by Crippen LogP contribution is -2.22. The van der Waals surface area contributed by atoms with E-state index in [2.05, 4.69) is 10.3 Å². The Balaban J connectivity index is 1.67. The Hall–Kier alpha value is -2.61. The molecule has 8 heteroatoms. The zero-order valence-electron chi connectivity index (χ0n) is 15.4. The first-order chi connectivity index (χ1) is 14.0. The number of para-hydroxylation sites is 2. The van der Waals surface area contributed by atoms with Gasteiger partial charge < -0.3 is 5.32 Å². The van der Waals surface area contributed by atoms with Crippen LogP contribution in [-0.2, 0) is 4.79 Å². The number of aryl methyl sites for hydroxylation is 1. The fraction of sp³-hybridized carbons (Fsp3) is 0.0952. The van der Waals surface area contributed by atoms with Gasteiger partial charge >= 0.3 is 0 Å². The van der Waals surface area contributed by atoms with E-state index in [1.807, 2.05) is 42.6 Å². The first-order valence-corrected chi connectivity index (χ1v) is 11.0. The van der Waals surface area contributed by atoms with Crippen molar-refractivity contribution in [3.63, 3.8) is 0 Å². The van der Waals surface area contributed by atoms with Gasteiger partial charge in [-0.3, -0.25) is 14.2 Å². The quantitative estimate of drug-likeness (QED) is 0.344. The average Bonchev–Trinajstić information content (AvgIpc) is 3.18. The number of nitrogens with zero attached hydrogens (tertiary/aromatic N) is 2. The smallest absolute Gasteiger partial charge is 0.276 e. The van der Waals surface area contributed by atoms with Gasteiger partial charge in [0.15, 0.2) is 5.16 Å². The molecule has 0 unspecified atom stereocenters. The summed E-state index contributed by atoms with van der Waals surface area (Å²) in [5, 5.41) is 5.60. The molecule has 0 aliphatic rings. The maximum absolute atomic E-state index is 13.1. The van der Waals surface area contributed by atoms with E-state index >= 15 is 0 Å². The van der Waals surface area contributed by atoms with E-state index in [-0.39, 0.29) is 17.2 Å². The standard InChI is InChI=1S/C21H16ClN3O2S2/c1-13-6-2-4-8-15(13)23-18(26)12-29-21-24-16-10-11-28-19(16)20(27)25(21)17-9-5-3-7-14(17)22/h2-11H,12H2,1H3,(H,23,26). The van der Waals surface area contributed by atoms with Crippen molar-refractivity contribution in [2.45, 2.75) is 12.1 Å². The molecule has 0 bridgehead atoms. The number of thioether (sulfide) groups is 1. The van der Waals surface area contributed by atoms with E-state index in [9.17, 15) is 9.59 Å². The second-order valence-electron chi connectivity index (χ2n) is 6.27. The van der Waals surface area contributed by atoms with E-state index < -0.39 is 0 Å². The Morgan fingerprint density at radius 2 is 1.93 bits per heavy atom. The van der Waals surface area contributed by atoms with Gasteiger partial charge in [0.05, 0.1) is 22.0 Å². The molecule has 5 nitrogen and oxygen atoms in total. The molecule has 0 atom stereocenters. The van der Waals surface area contributed by atoms with Crippen LogP contribution in [0, 0.1) is 6.92 Å². The van der Waals surface area contributed by atoms with Crippen LogP contribution < -0.4 is 10.9 Å². The number of hydrogen-bond donors (Lipinski definition) is 1. The molecule has 2 aromatic carbocycles. The van der Waals surface area contributed by atoms with Gasteiger partial charge in [-0.15, -0.1) is 11.3 Å². The fourth-order valence-corrected chi connectivity index (χ4v) is 4.65. The molecule has 2 heterocycles. The summed E-state index contributed by atoms with van der Waals surface area (Å²) in [4.78, 5) is 30.2. The molecule has 4 aromatic rings. The van der Waals surface area contributed by atoms with Gasteiger partial charge in [0.1, 0.15) is 4.70 Å². The Morgan fingerprint density at radius 3 is 2.72 bits per heavy atom. The van der Waals surface area contributed by atoms with Crippen molar-refractivity contribution in [3.05, 3.63) is 80.9 Å². The summed E-state index contributed by atoms with van der Waals surface area (Å²) < 4.78 is 2.03. The molecular formula is C21H16ClN3O2S2. The molecule has 4 rings (SSSR count). The molecule has 1 N–H and O–H groups in total. The van der Waals surface area contributed by atoms with Crippen molar-refractivity contribution in [1.82, 2.24) is 9.55 Å². The molecule has 0 saturated carbocycles. The summed E-state index contributed by atoms with van der Waals surface area (Å²) in [7, 11) is 0. The molecule has 2 aromatic heterocycles. The number of hydrogen-bond acceptors (Lipinski definition) is 5. The number of rotatable bonds is 5. The van der Waals surface area contributed by atoms with Gasteiger partial charge in [0.2, 0.25) is 5.91 Å². The lowest BCUT2D eigenvalue weighted by atomic mass is 10.2. The second kappa shape index (κ2) is 8.41. The van der Waals surface area contributed by atoms with E-state index in [1.54, 1.807) is 24.3 Å². The second-order valence-corrected chi connectivity index (χ2v) is 8.54. The summed E-state index contributed by atoms with van der Waals surface area (Å²) in [5.41, 5.74) is 2.72. The molecule has 0 saturated heterocycles. The maximum atomic E-state index is 13.1. The Bertz CT molecular complexity index is 1270. The van der Waals surface area contributed by atoms with Crippen LogP contribution in [0.4, 0.5) is 5.69 Å². The summed E-state index contributed by atoms with van der Waals surface area (Å²) in [6.45, 7) is 1.93. The third-order valence-corrected chi connectivity index (χ3v) is 6.44. The van der Waals surface area contributed by atoms with E-state index in [1.165, 1.54) is 27.7 Å². The van der Waals surface area contributed by atoms with Gasteiger partial charge in [-0.2, -0.15) is 0 Å². The summed E-state index contributed by atoms with van der Waals surface area (Å²) in [6.07, 6.45) is 0. The van der Waals surface area contributed by atoms with Gasteiger partial charge in [0, 0.05) is 5.69 Å². The monoisotopic (exact) mass is 441 g/mol. The molecule has 0 fully saturated rings. The molecule has 0 aliphatic heterocycles. The van der Waals surface area contributed by atoms with Crippen LogP contribution in [0.3, 0.4) is 0 Å². The first kappa shape index (κ1) is 19.7. The highest BCUT2D eigenvalue weighted by Gasteiger charge is 2.17. The van der Waals surface area contributed by atoms with Gasteiger partial charge in [-0.05, 0) is 42.1 Å². The predicted octanol–water partition coefficient (Wildman–Crippen LogP) is 5.14. The largest absolute Gasteiger partial charge is 0.325 e. The minimum absolute atomic E-state index is 0.112. The molecule has 146 valence electrons. The number of nitrogens with one attached hydrogen (secondary N) is 1. The normalized spacial score (nSPS) is 11.0. The zero-order valence-corrected chi connectivity index (χ0v) is 17.8. The minimum atomic E-state index is -0.195. The van der Waals surface area contributed by atoms with Gasteiger partial charge in [-0.25, -0.2) is 4.98 Å². The van der Waals surface area contributed by atoms with Crippen molar-refractivity contribution < 1.29 is 4.79 Å². The van der Waals surface area contributed by atoms with Crippen LogP contribution in [-0.4, -0.2) is 21.2 Å². The number of carbonyl (C=O) groups excluding carboxylic acids is 1. The van der Waals surface area contributed by atoms with Crippen molar-refractivity contribution in [2.75, 3.05) is 11.1 Å². The highest BCUT2D eigenvalue weighted by Crippen LogP contribution is 2.27. The molecule has 0 spiro atoms. The molecule has 0 radical (unpaired) electrons. The van der Waals surface area contributed by atoms with Crippen molar-refractivity contribution in [1.29, 1.82) is 0 Å². The third-order valence-electron chi connectivity index (χ3n) is 4.29. The highest BCUT2D eigenvalue weighted by atomic mass is 35.5. The van der Waals surface area contributed by atoms with Crippen LogP contribution in [0.25, 0.3) is 15.9 Å². The summed E-state index contributed by atoms with van der Waals surface area (Å²) >= 11 is 8.88. The number of anilines is 1. The Labute approximate surface area is 180 Å². The summed E-state index contributed by atoms with van der Waals surface area (Å²) in [5.74, 6) is -0.0596.